The number of aromatic nitrogens is 1. The molecule has 0 saturated heterocycles. The molecule has 30 heavy (non-hydrogen) atoms. The molecule has 1 aromatic heterocycles. The monoisotopic (exact) mass is 476 g/mol. The smallest absolute Gasteiger partial charge is 0.339 e. The second kappa shape index (κ2) is 10.6. The molecule has 0 aliphatic rings. The Morgan fingerprint density at radius 2 is 1.43 bits per heavy atom. The minimum Gasteiger partial charge on any atom is -1.00 e. The number of rotatable bonds is 7. The Labute approximate surface area is 191 Å². The fraction of sp³-hybridized carbons (Fsp3) is 0.0417. The van der Waals surface area contributed by atoms with Crippen molar-refractivity contribution in [2.24, 2.45) is 10.2 Å². The minimum absolute atomic E-state index is 0. The molecule has 1 N–H and O–H groups in total. The minimum atomic E-state index is 0. The Kier molecular flexibility index (Phi) is 7.65. The van der Waals surface area contributed by atoms with Crippen LogP contribution in [0.25, 0.3) is 11.3 Å². The first-order valence-corrected chi connectivity index (χ1v) is 10.2. The highest BCUT2D eigenvalue weighted by Gasteiger charge is 2.18. The zero-order valence-electron chi connectivity index (χ0n) is 16.3. The average Bonchev–Trinajstić information content (AvgIpc) is 3.17. The number of azo groups is 1. The van der Waals surface area contributed by atoms with Gasteiger partial charge in [0.2, 0.25) is 0 Å². The Morgan fingerprint density at radius 3 is 2.07 bits per heavy atom. The first kappa shape index (κ1) is 21.6. The molecule has 0 fully saturated rings. The zero-order chi connectivity index (χ0) is 19.9. The number of hydrogen-bond donors (Lipinski definition) is 1. The number of hydrogen-bond acceptors (Lipinski definition) is 4. The normalized spacial score (nSPS) is 10.5. The van der Waals surface area contributed by atoms with Crippen molar-refractivity contribution in [3.05, 3.63) is 103 Å². The maximum Gasteiger partial charge on any atom is 0.339 e. The molecule has 3 aromatic carbocycles. The van der Waals surface area contributed by atoms with Crippen molar-refractivity contribution >= 4 is 33.5 Å². The van der Waals surface area contributed by atoms with E-state index in [0.29, 0.717) is 0 Å². The van der Waals surface area contributed by atoms with E-state index in [4.69, 9.17) is 0 Å². The molecule has 6 heteroatoms. The molecule has 0 spiro atoms. The van der Waals surface area contributed by atoms with Crippen molar-refractivity contribution in [2.45, 2.75) is 6.54 Å². The van der Waals surface area contributed by atoms with Gasteiger partial charge in [-0.1, -0.05) is 72.5 Å². The van der Waals surface area contributed by atoms with Crippen molar-refractivity contribution < 1.29 is 21.5 Å². The van der Waals surface area contributed by atoms with Crippen LogP contribution in [0.5, 0.6) is 0 Å². The van der Waals surface area contributed by atoms with E-state index in [1.165, 1.54) is 11.3 Å². The van der Waals surface area contributed by atoms with Crippen LogP contribution in [-0.4, -0.2) is 0 Å². The van der Waals surface area contributed by atoms with E-state index in [0.717, 1.165) is 28.7 Å². The van der Waals surface area contributed by atoms with Gasteiger partial charge < -0.3 is 17.0 Å². The summed E-state index contributed by atoms with van der Waals surface area (Å²) in [6, 6.07) is 28.1. The molecule has 150 valence electrons. The largest absolute Gasteiger partial charge is 1.00 e. The summed E-state index contributed by atoms with van der Waals surface area (Å²) < 4.78 is 2.23. The first-order valence-electron chi connectivity index (χ1n) is 9.35. The second-order valence-corrected chi connectivity index (χ2v) is 7.26. The Balaban J connectivity index is 0.00000256. The SMILES string of the molecule is C=CC[n+]1c(-c2ccccc2)csc1Nc1ccc(N=Nc2ccccc2)cc1.[Br-]. The van der Waals surface area contributed by atoms with Crippen molar-refractivity contribution in [3.8, 4) is 11.3 Å². The van der Waals surface area contributed by atoms with E-state index < -0.39 is 0 Å². The summed E-state index contributed by atoms with van der Waals surface area (Å²) in [4.78, 5) is 0. The van der Waals surface area contributed by atoms with Crippen LogP contribution in [0.15, 0.2) is 113 Å². The van der Waals surface area contributed by atoms with Crippen molar-refractivity contribution in [1.82, 2.24) is 0 Å². The summed E-state index contributed by atoms with van der Waals surface area (Å²) in [5, 5.41) is 15.3. The van der Waals surface area contributed by atoms with Gasteiger partial charge in [-0.15, -0.1) is 0 Å². The molecule has 0 aliphatic carbocycles. The highest BCUT2D eigenvalue weighted by Crippen LogP contribution is 2.27. The molecule has 0 unspecified atom stereocenters. The van der Waals surface area contributed by atoms with Crippen LogP contribution in [0.4, 0.5) is 22.2 Å². The fourth-order valence-corrected chi connectivity index (χ4v) is 3.90. The highest BCUT2D eigenvalue weighted by atomic mass is 79.9. The second-order valence-electron chi connectivity index (χ2n) is 6.40. The lowest BCUT2D eigenvalue weighted by Crippen LogP contribution is -3.00. The molecule has 0 bridgehead atoms. The molecule has 4 aromatic rings. The summed E-state index contributed by atoms with van der Waals surface area (Å²) in [5.74, 6) is 0. The van der Waals surface area contributed by atoms with Crippen LogP contribution >= 0.6 is 11.3 Å². The van der Waals surface area contributed by atoms with Gasteiger partial charge in [-0.3, -0.25) is 0 Å². The number of benzene rings is 3. The molecule has 4 nitrogen and oxygen atoms in total. The molecule has 0 amide bonds. The van der Waals surface area contributed by atoms with Crippen LogP contribution in [0.3, 0.4) is 0 Å². The summed E-state index contributed by atoms with van der Waals surface area (Å²) in [6.07, 6.45) is 1.91. The Bertz CT molecular complexity index is 1110. The zero-order valence-corrected chi connectivity index (χ0v) is 18.7. The number of nitrogens with one attached hydrogen (secondary N) is 1. The number of thiazole rings is 1. The third-order valence-corrected chi connectivity index (χ3v) is 5.24. The van der Waals surface area contributed by atoms with E-state index >= 15 is 0 Å². The Hall–Kier alpha value is -3.09. The van der Waals surface area contributed by atoms with Crippen LogP contribution in [0, 0.1) is 0 Å². The van der Waals surface area contributed by atoms with Crippen molar-refractivity contribution in [2.75, 3.05) is 5.32 Å². The van der Waals surface area contributed by atoms with Crippen molar-refractivity contribution in [1.29, 1.82) is 0 Å². The number of allylic oxidation sites excluding steroid dienone is 1. The van der Waals surface area contributed by atoms with Crippen LogP contribution in [0.1, 0.15) is 0 Å². The van der Waals surface area contributed by atoms with E-state index in [9.17, 15) is 0 Å². The predicted octanol–water partition coefficient (Wildman–Crippen LogP) is 4.05. The van der Waals surface area contributed by atoms with Gasteiger partial charge in [0.15, 0.2) is 0 Å². The lowest BCUT2D eigenvalue weighted by molar-refractivity contribution is -0.657. The topological polar surface area (TPSA) is 40.6 Å². The van der Waals surface area contributed by atoms with Gasteiger partial charge in [0, 0.05) is 10.9 Å². The van der Waals surface area contributed by atoms with Gasteiger partial charge in [-0.05, 0) is 36.4 Å². The van der Waals surface area contributed by atoms with E-state index in [2.05, 4.69) is 56.3 Å². The maximum absolute atomic E-state index is 4.30. The number of nitrogens with zero attached hydrogens (tertiary/aromatic N) is 3. The standard InChI is InChI=1S/C24H20N4S.BrH/c1-2-17-28-23(19-9-5-3-6-10-19)18-29-24(28)25-20-13-15-22(16-14-20)27-26-21-11-7-4-8-12-21;/h2-16,18H,1,17H2;1H. The summed E-state index contributed by atoms with van der Waals surface area (Å²) >= 11 is 1.68. The third-order valence-electron chi connectivity index (χ3n) is 4.36. The van der Waals surface area contributed by atoms with Crippen LogP contribution in [0.2, 0.25) is 0 Å². The van der Waals surface area contributed by atoms with E-state index in [-0.39, 0.29) is 17.0 Å². The lowest BCUT2D eigenvalue weighted by Gasteiger charge is -2.04. The highest BCUT2D eigenvalue weighted by molar-refractivity contribution is 7.13. The quantitative estimate of drug-likeness (QED) is 0.244. The van der Waals surface area contributed by atoms with Gasteiger partial charge in [-0.25, -0.2) is 9.88 Å². The maximum atomic E-state index is 4.30. The molecular formula is C24H21BrN4S. The van der Waals surface area contributed by atoms with Crippen molar-refractivity contribution in [3.63, 3.8) is 0 Å². The molecule has 4 rings (SSSR count). The van der Waals surface area contributed by atoms with E-state index in [1.54, 1.807) is 11.3 Å². The number of halogens is 1. The molecule has 0 radical (unpaired) electrons. The average molecular weight is 477 g/mol. The van der Waals surface area contributed by atoms with E-state index in [1.807, 2.05) is 66.7 Å². The summed E-state index contributed by atoms with van der Waals surface area (Å²) in [6.45, 7) is 4.64. The van der Waals surface area contributed by atoms with Crippen LogP contribution < -0.4 is 26.9 Å². The lowest BCUT2D eigenvalue weighted by atomic mass is 10.2. The van der Waals surface area contributed by atoms with Gasteiger partial charge >= 0.3 is 5.13 Å². The molecule has 0 saturated carbocycles. The molecular weight excluding hydrogens is 456 g/mol. The molecule has 0 atom stereocenters. The fourth-order valence-electron chi connectivity index (χ4n) is 2.93. The Morgan fingerprint density at radius 1 is 0.833 bits per heavy atom. The number of anilines is 2. The van der Waals surface area contributed by atoms with Gasteiger partial charge in [0.25, 0.3) is 0 Å². The summed E-state index contributed by atoms with van der Waals surface area (Å²) in [5.41, 5.74) is 5.02. The van der Waals surface area contributed by atoms with Gasteiger partial charge in [0.1, 0.15) is 17.9 Å². The first-order chi connectivity index (χ1) is 14.3. The third kappa shape index (κ3) is 5.28. The van der Waals surface area contributed by atoms with Gasteiger partial charge in [0.05, 0.1) is 11.4 Å². The molecule has 1 heterocycles. The van der Waals surface area contributed by atoms with Gasteiger partial charge in [-0.2, -0.15) is 10.2 Å². The van der Waals surface area contributed by atoms with Crippen LogP contribution in [-0.2, 0) is 6.54 Å². The predicted molar refractivity (Wildman–Crippen MR) is 120 cm³/mol. The molecule has 0 aliphatic heterocycles. The summed E-state index contributed by atoms with van der Waals surface area (Å²) in [7, 11) is 0.